The number of benzene rings is 2. The third-order valence-electron chi connectivity index (χ3n) is 4.26. The highest BCUT2D eigenvalue weighted by Crippen LogP contribution is 2.19. The number of aryl methyl sites for hydroxylation is 1. The molecule has 2 aromatic rings. The topological polar surface area (TPSA) is 76.7 Å². The van der Waals surface area contributed by atoms with Gasteiger partial charge in [-0.15, -0.1) is 0 Å². The molecule has 2 aromatic carbocycles. The van der Waals surface area contributed by atoms with Crippen LogP contribution in [-0.2, 0) is 27.3 Å². The van der Waals surface area contributed by atoms with Gasteiger partial charge in [0.2, 0.25) is 0 Å². The van der Waals surface area contributed by atoms with E-state index in [1.807, 2.05) is 77.1 Å². The van der Waals surface area contributed by atoms with Crippen molar-refractivity contribution in [1.82, 2.24) is 5.32 Å². The normalized spacial score (nSPS) is 11.6. The lowest BCUT2D eigenvalue weighted by Crippen LogP contribution is -2.33. The summed E-state index contributed by atoms with van der Waals surface area (Å²) in [5.74, 6) is -0.392. The van der Waals surface area contributed by atoms with Crippen molar-refractivity contribution in [3.05, 3.63) is 77.0 Å². The molecule has 0 bridgehead atoms. The molecule has 0 aliphatic heterocycles. The third-order valence-corrected chi connectivity index (χ3v) is 4.26. The smallest absolute Gasteiger partial charge is 0.407 e. The van der Waals surface area contributed by atoms with Crippen molar-refractivity contribution in [3.8, 4) is 0 Å². The number of hydrogen-bond donors (Lipinski definition) is 2. The molecule has 0 unspecified atom stereocenters. The van der Waals surface area contributed by atoms with Crippen LogP contribution in [0.4, 0.5) is 10.5 Å². The van der Waals surface area contributed by atoms with Gasteiger partial charge in [-0.2, -0.15) is 0 Å². The molecule has 0 atom stereocenters. The molecule has 1 amide bonds. The highest BCUT2D eigenvalue weighted by atomic mass is 16.6. The number of nitrogens with one attached hydrogen (secondary N) is 2. The van der Waals surface area contributed by atoms with Crippen molar-refractivity contribution in [2.75, 3.05) is 11.9 Å². The van der Waals surface area contributed by atoms with Crippen LogP contribution in [0.25, 0.3) is 0 Å². The summed E-state index contributed by atoms with van der Waals surface area (Å²) in [5, 5.41) is 6.00. The molecule has 0 fully saturated rings. The average Bonchev–Trinajstić information content (AvgIpc) is 2.68. The predicted octanol–water partition coefficient (Wildman–Crippen LogP) is 5.12. The summed E-state index contributed by atoms with van der Waals surface area (Å²) in [6.07, 6.45) is 1.73. The molecule has 0 radical (unpaired) electrons. The SMILES string of the molecule is C/C(=C/C(=O)OCc1ccccc1)Nc1ccc(CCNC(=O)OC(C)(C)C)cc1C. The van der Waals surface area contributed by atoms with Crippen molar-refractivity contribution in [3.63, 3.8) is 0 Å². The van der Waals surface area contributed by atoms with E-state index in [9.17, 15) is 9.59 Å². The van der Waals surface area contributed by atoms with Gasteiger partial charge in [-0.1, -0.05) is 42.5 Å². The Labute approximate surface area is 184 Å². The molecule has 2 rings (SSSR count). The average molecular weight is 425 g/mol. The van der Waals surface area contributed by atoms with Crippen molar-refractivity contribution in [2.24, 2.45) is 0 Å². The van der Waals surface area contributed by atoms with E-state index in [1.54, 1.807) is 0 Å². The first-order chi connectivity index (χ1) is 14.6. The highest BCUT2D eigenvalue weighted by Gasteiger charge is 2.15. The number of amides is 1. The summed E-state index contributed by atoms with van der Waals surface area (Å²) >= 11 is 0. The number of carbonyl (C=O) groups is 2. The molecule has 0 saturated carbocycles. The largest absolute Gasteiger partial charge is 0.458 e. The quantitative estimate of drug-likeness (QED) is 0.454. The number of alkyl carbamates (subject to hydrolysis) is 1. The molecule has 2 N–H and O–H groups in total. The van der Waals surface area contributed by atoms with Crippen molar-refractivity contribution < 1.29 is 19.1 Å². The van der Waals surface area contributed by atoms with Gasteiger partial charge in [0.05, 0.1) is 0 Å². The van der Waals surface area contributed by atoms with Crippen LogP contribution in [0.15, 0.2) is 60.3 Å². The molecular weight excluding hydrogens is 392 g/mol. The standard InChI is InChI=1S/C25H32N2O4/c1-18-15-20(13-14-26-24(29)31-25(3,4)5)11-12-22(18)27-19(2)16-23(28)30-17-21-9-7-6-8-10-21/h6-12,15-16,27H,13-14,17H2,1-5H3,(H,26,29)/b19-16-. The molecular formula is C25H32N2O4. The first-order valence-electron chi connectivity index (χ1n) is 10.3. The zero-order valence-corrected chi connectivity index (χ0v) is 19.0. The van der Waals surface area contributed by atoms with Gasteiger partial charge >= 0.3 is 12.1 Å². The predicted molar refractivity (Wildman–Crippen MR) is 123 cm³/mol. The molecule has 31 heavy (non-hydrogen) atoms. The van der Waals surface area contributed by atoms with Crippen LogP contribution in [0, 0.1) is 6.92 Å². The number of carbonyl (C=O) groups excluding carboxylic acids is 2. The molecule has 0 aromatic heterocycles. The fourth-order valence-electron chi connectivity index (χ4n) is 2.84. The maximum absolute atomic E-state index is 12.0. The Kier molecular flexibility index (Phi) is 8.67. The molecule has 0 heterocycles. The highest BCUT2D eigenvalue weighted by molar-refractivity contribution is 5.83. The lowest BCUT2D eigenvalue weighted by molar-refractivity contribution is -0.139. The van der Waals surface area contributed by atoms with Gasteiger partial charge in [0, 0.05) is 24.0 Å². The minimum atomic E-state index is -0.507. The fraction of sp³-hybridized carbons (Fsp3) is 0.360. The summed E-state index contributed by atoms with van der Waals surface area (Å²) in [6.45, 7) is 10.1. The van der Waals surface area contributed by atoms with Gasteiger partial charge in [-0.05, 0) is 63.8 Å². The number of rotatable bonds is 8. The second-order valence-electron chi connectivity index (χ2n) is 8.37. The molecule has 0 aliphatic rings. The monoisotopic (exact) mass is 424 g/mol. The van der Waals surface area contributed by atoms with Crippen LogP contribution in [0.5, 0.6) is 0 Å². The molecule has 166 valence electrons. The van der Waals surface area contributed by atoms with E-state index in [0.717, 1.165) is 22.4 Å². The molecule has 0 spiro atoms. The Hall–Kier alpha value is -3.28. The number of allylic oxidation sites excluding steroid dienone is 1. The van der Waals surface area contributed by atoms with Crippen LogP contribution in [0.2, 0.25) is 0 Å². The van der Waals surface area contributed by atoms with E-state index in [1.165, 1.54) is 6.08 Å². The van der Waals surface area contributed by atoms with Crippen LogP contribution in [0.3, 0.4) is 0 Å². The Bertz CT molecular complexity index is 915. The summed E-state index contributed by atoms with van der Waals surface area (Å²) in [6, 6.07) is 15.6. The molecule has 0 aliphatic carbocycles. The van der Waals surface area contributed by atoms with E-state index in [-0.39, 0.29) is 6.61 Å². The van der Waals surface area contributed by atoms with Crippen LogP contribution >= 0.6 is 0 Å². The lowest BCUT2D eigenvalue weighted by atomic mass is 10.1. The van der Waals surface area contributed by atoms with Gasteiger partial charge in [0.25, 0.3) is 0 Å². The van der Waals surface area contributed by atoms with E-state index >= 15 is 0 Å². The van der Waals surface area contributed by atoms with Gasteiger partial charge in [-0.3, -0.25) is 0 Å². The Morgan fingerprint density at radius 1 is 1.03 bits per heavy atom. The van der Waals surface area contributed by atoms with Gasteiger partial charge in [-0.25, -0.2) is 9.59 Å². The number of anilines is 1. The first-order valence-corrected chi connectivity index (χ1v) is 10.3. The van der Waals surface area contributed by atoms with E-state index in [0.29, 0.717) is 18.7 Å². The fourth-order valence-corrected chi connectivity index (χ4v) is 2.84. The van der Waals surface area contributed by atoms with Crippen molar-refractivity contribution >= 4 is 17.7 Å². The zero-order valence-electron chi connectivity index (χ0n) is 19.0. The van der Waals surface area contributed by atoms with Crippen LogP contribution in [0.1, 0.15) is 44.4 Å². The van der Waals surface area contributed by atoms with Crippen molar-refractivity contribution in [1.29, 1.82) is 0 Å². The Morgan fingerprint density at radius 2 is 1.74 bits per heavy atom. The van der Waals surface area contributed by atoms with Gasteiger partial charge < -0.3 is 20.1 Å². The maximum Gasteiger partial charge on any atom is 0.407 e. The first kappa shape index (κ1) is 24.0. The minimum Gasteiger partial charge on any atom is -0.458 e. The van der Waals surface area contributed by atoms with Crippen molar-refractivity contribution in [2.45, 2.75) is 53.2 Å². The zero-order chi connectivity index (χ0) is 22.9. The second-order valence-corrected chi connectivity index (χ2v) is 8.37. The molecule has 6 nitrogen and oxygen atoms in total. The lowest BCUT2D eigenvalue weighted by Gasteiger charge is -2.19. The van der Waals surface area contributed by atoms with Gasteiger partial charge in [0.1, 0.15) is 12.2 Å². The Balaban J connectivity index is 1.83. The van der Waals surface area contributed by atoms with Crippen LogP contribution in [-0.4, -0.2) is 24.2 Å². The second kappa shape index (κ2) is 11.2. The van der Waals surface area contributed by atoms with E-state index in [4.69, 9.17) is 9.47 Å². The third kappa shape index (κ3) is 9.38. The summed E-state index contributed by atoms with van der Waals surface area (Å²) in [4.78, 5) is 23.8. The summed E-state index contributed by atoms with van der Waals surface area (Å²) in [5.41, 5.74) is 4.19. The Morgan fingerprint density at radius 3 is 2.39 bits per heavy atom. The number of hydrogen-bond acceptors (Lipinski definition) is 5. The van der Waals surface area contributed by atoms with Crippen LogP contribution < -0.4 is 10.6 Å². The maximum atomic E-state index is 12.0. The van der Waals surface area contributed by atoms with E-state index < -0.39 is 17.7 Å². The summed E-state index contributed by atoms with van der Waals surface area (Å²) < 4.78 is 10.5. The minimum absolute atomic E-state index is 0.245. The summed E-state index contributed by atoms with van der Waals surface area (Å²) in [7, 11) is 0. The van der Waals surface area contributed by atoms with Gasteiger partial charge in [0.15, 0.2) is 0 Å². The molecule has 0 saturated heterocycles. The number of ether oxygens (including phenoxy) is 2. The molecule has 6 heteroatoms. The number of esters is 1. The van der Waals surface area contributed by atoms with E-state index in [2.05, 4.69) is 16.7 Å².